The van der Waals surface area contributed by atoms with Crippen molar-refractivity contribution in [3.05, 3.63) is 33.4 Å². The van der Waals surface area contributed by atoms with Crippen LogP contribution in [0.4, 0.5) is 0 Å². The average Bonchev–Trinajstić information content (AvgIpc) is 3.14. The minimum Gasteiger partial charge on any atom is -0.465 e. The zero-order chi connectivity index (χ0) is 17.6. The van der Waals surface area contributed by atoms with Crippen molar-refractivity contribution in [3.8, 4) is 0 Å². The Hall–Kier alpha value is -1.60. The van der Waals surface area contributed by atoms with Crippen LogP contribution in [0.3, 0.4) is 0 Å². The summed E-state index contributed by atoms with van der Waals surface area (Å²) >= 11 is 2.98. The highest BCUT2D eigenvalue weighted by Gasteiger charge is 2.30. The summed E-state index contributed by atoms with van der Waals surface area (Å²) < 4.78 is 6.69. The van der Waals surface area contributed by atoms with E-state index in [0.29, 0.717) is 30.6 Å². The minimum absolute atomic E-state index is 0.00850. The number of cyclic esters (lactones) is 1. The highest BCUT2D eigenvalue weighted by Crippen LogP contribution is 2.37. The van der Waals surface area contributed by atoms with Gasteiger partial charge in [0, 0.05) is 17.8 Å². The van der Waals surface area contributed by atoms with Crippen molar-refractivity contribution in [2.45, 2.75) is 49.6 Å². The van der Waals surface area contributed by atoms with Crippen LogP contribution in [0.25, 0.3) is 10.2 Å². The summed E-state index contributed by atoms with van der Waals surface area (Å²) in [6.45, 7) is 6.85. The number of hydrogen-bond donors (Lipinski definition) is 0. The predicted octanol–water partition coefficient (Wildman–Crippen LogP) is 3.18. The van der Waals surface area contributed by atoms with Gasteiger partial charge in [-0.1, -0.05) is 24.8 Å². The van der Waals surface area contributed by atoms with E-state index in [1.165, 1.54) is 22.2 Å². The maximum Gasteiger partial charge on any atom is 0.319 e. The van der Waals surface area contributed by atoms with Crippen molar-refractivity contribution >= 4 is 39.3 Å². The monoisotopic (exact) mass is 376 g/mol. The predicted molar refractivity (Wildman–Crippen MR) is 100 cm³/mol. The van der Waals surface area contributed by atoms with Crippen molar-refractivity contribution in [1.29, 1.82) is 0 Å². The molecule has 0 radical (unpaired) electrons. The van der Waals surface area contributed by atoms with E-state index >= 15 is 0 Å². The molecule has 2 aliphatic rings. The van der Waals surface area contributed by atoms with E-state index in [-0.39, 0.29) is 16.8 Å². The summed E-state index contributed by atoms with van der Waals surface area (Å²) in [5.41, 5.74) is 1.18. The SMILES string of the molecule is C=CCn1c(S[C@@H]2CCOC2=O)nc2sc3c(c2c1=O)CC[C@@H](C)C3. The summed E-state index contributed by atoms with van der Waals surface area (Å²) in [5, 5.41) is 1.08. The molecule has 1 saturated heterocycles. The molecule has 0 aromatic carbocycles. The number of ether oxygens (including phenoxy) is 1. The van der Waals surface area contributed by atoms with Gasteiger partial charge >= 0.3 is 5.97 Å². The summed E-state index contributed by atoms with van der Waals surface area (Å²) in [4.78, 5) is 31.8. The number of fused-ring (bicyclic) bond motifs is 3. The Balaban J connectivity index is 1.85. The van der Waals surface area contributed by atoms with Crippen LogP contribution in [0.15, 0.2) is 22.6 Å². The molecule has 0 saturated carbocycles. The molecule has 0 amide bonds. The normalized spacial score (nSPS) is 22.8. The lowest BCUT2D eigenvalue weighted by Crippen LogP contribution is -2.24. The molecule has 132 valence electrons. The Morgan fingerprint density at radius 1 is 1.44 bits per heavy atom. The Kier molecular flexibility index (Phi) is 4.45. The van der Waals surface area contributed by atoms with Gasteiger partial charge in [0.15, 0.2) is 5.16 Å². The highest BCUT2D eigenvalue weighted by molar-refractivity contribution is 8.00. The van der Waals surface area contributed by atoms with E-state index < -0.39 is 0 Å². The third-order valence-electron chi connectivity index (χ3n) is 4.83. The van der Waals surface area contributed by atoms with Crippen LogP contribution in [-0.4, -0.2) is 27.4 Å². The summed E-state index contributed by atoms with van der Waals surface area (Å²) in [6, 6.07) is 0. The molecule has 2 aromatic heterocycles. The fourth-order valence-corrected chi connectivity index (χ4v) is 5.99. The van der Waals surface area contributed by atoms with Gasteiger partial charge in [0.25, 0.3) is 5.56 Å². The van der Waals surface area contributed by atoms with Gasteiger partial charge in [-0.2, -0.15) is 0 Å². The van der Waals surface area contributed by atoms with Gasteiger partial charge in [0.1, 0.15) is 10.1 Å². The molecular formula is C18H20N2O3S2. The fraction of sp³-hybridized carbons (Fsp3) is 0.500. The van der Waals surface area contributed by atoms with Crippen LogP contribution in [-0.2, 0) is 28.9 Å². The number of allylic oxidation sites excluding steroid dienone is 1. The second-order valence-electron chi connectivity index (χ2n) is 6.69. The van der Waals surface area contributed by atoms with Crippen molar-refractivity contribution in [2.75, 3.05) is 6.61 Å². The zero-order valence-corrected chi connectivity index (χ0v) is 15.8. The number of thiophene rings is 1. The van der Waals surface area contributed by atoms with Crippen molar-refractivity contribution < 1.29 is 9.53 Å². The summed E-state index contributed by atoms with van der Waals surface area (Å²) in [5.74, 6) is 0.432. The lowest BCUT2D eigenvalue weighted by molar-refractivity contribution is -0.137. The molecular weight excluding hydrogens is 356 g/mol. The first-order chi connectivity index (χ1) is 12.1. The number of hydrogen-bond acceptors (Lipinski definition) is 6. The first-order valence-corrected chi connectivity index (χ1v) is 10.3. The average molecular weight is 377 g/mol. The van der Waals surface area contributed by atoms with Crippen molar-refractivity contribution in [1.82, 2.24) is 9.55 Å². The summed E-state index contributed by atoms with van der Waals surface area (Å²) in [7, 11) is 0. The van der Waals surface area contributed by atoms with E-state index in [1.54, 1.807) is 22.0 Å². The van der Waals surface area contributed by atoms with Gasteiger partial charge in [-0.3, -0.25) is 14.2 Å². The second-order valence-corrected chi connectivity index (χ2v) is 8.95. The van der Waals surface area contributed by atoms with Gasteiger partial charge in [0.05, 0.1) is 12.0 Å². The molecule has 3 heterocycles. The number of carbonyl (C=O) groups excluding carboxylic acids is 1. The number of aromatic nitrogens is 2. The number of nitrogens with zero attached hydrogens (tertiary/aromatic N) is 2. The molecule has 2 atom stereocenters. The Labute approximate surface area is 154 Å². The van der Waals surface area contributed by atoms with Crippen LogP contribution in [0.1, 0.15) is 30.2 Å². The van der Waals surface area contributed by atoms with Gasteiger partial charge in [-0.05, 0) is 30.7 Å². The molecule has 1 fully saturated rings. The largest absolute Gasteiger partial charge is 0.465 e. The molecule has 0 N–H and O–H groups in total. The van der Waals surface area contributed by atoms with E-state index in [4.69, 9.17) is 9.72 Å². The lowest BCUT2D eigenvalue weighted by Gasteiger charge is -2.17. The Morgan fingerprint density at radius 2 is 2.28 bits per heavy atom. The summed E-state index contributed by atoms with van der Waals surface area (Å²) in [6.07, 6.45) is 5.44. The molecule has 7 heteroatoms. The van der Waals surface area contributed by atoms with Crippen LogP contribution in [0.5, 0.6) is 0 Å². The quantitative estimate of drug-likeness (QED) is 0.466. The molecule has 0 bridgehead atoms. The zero-order valence-electron chi connectivity index (χ0n) is 14.1. The first-order valence-electron chi connectivity index (χ1n) is 8.57. The number of carbonyl (C=O) groups is 1. The molecule has 1 aliphatic carbocycles. The number of aryl methyl sites for hydroxylation is 1. The maximum atomic E-state index is 13.2. The number of rotatable bonds is 4. The van der Waals surface area contributed by atoms with E-state index in [2.05, 4.69) is 13.5 Å². The molecule has 0 unspecified atom stereocenters. The van der Waals surface area contributed by atoms with Crippen molar-refractivity contribution in [3.63, 3.8) is 0 Å². The van der Waals surface area contributed by atoms with Gasteiger partial charge < -0.3 is 4.74 Å². The van der Waals surface area contributed by atoms with E-state index in [1.807, 2.05) is 0 Å². The molecule has 4 rings (SSSR count). The minimum atomic E-state index is -0.282. The van der Waals surface area contributed by atoms with Crippen molar-refractivity contribution in [2.24, 2.45) is 5.92 Å². The first kappa shape index (κ1) is 16.8. The molecule has 0 spiro atoms. The molecule has 25 heavy (non-hydrogen) atoms. The number of thioether (sulfide) groups is 1. The Bertz CT molecular complexity index is 915. The lowest BCUT2D eigenvalue weighted by atomic mass is 9.89. The smallest absolute Gasteiger partial charge is 0.319 e. The van der Waals surface area contributed by atoms with Crippen LogP contribution in [0.2, 0.25) is 0 Å². The third-order valence-corrected chi connectivity index (χ3v) is 7.21. The third kappa shape index (κ3) is 2.93. The second kappa shape index (κ2) is 6.61. The standard InChI is InChI=1S/C18H20N2O3S2/c1-3-7-20-16(21)14-11-5-4-10(2)9-13(11)24-15(14)19-18(20)25-12-6-8-23-17(12)22/h3,10,12H,1,4-9H2,2H3/t10-,12-/m1/s1. The van der Waals surface area contributed by atoms with E-state index in [9.17, 15) is 9.59 Å². The van der Waals surface area contributed by atoms with E-state index in [0.717, 1.165) is 29.5 Å². The van der Waals surface area contributed by atoms with Crippen LogP contribution >= 0.6 is 23.1 Å². The van der Waals surface area contributed by atoms with Crippen LogP contribution < -0.4 is 5.56 Å². The van der Waals surface area contributed by atoms with Crippen LogP contribution in [0, 0.1) is 5.92 Å². The van der Waals surface area contributed by atoms with Gasteiger partial charge in [0.2, 0.25) is 0 Å². The van der Waals surface area contributed by atoms with Gasteiger partial charge in [-0.25, -0.2) is 4.98 Å². The highest BCUT2D eigenvalue weighted by atomic mass is 32.2. The number of esters is 1. The molecule has 5 nitrogen and oxygen atoms in total. The molecule has 2 aromatic rings. The topological polar surface area (TPSA) is 61.2 Å². The maximum absolute atomic E-state index is 13.2. The Morgan fingerprint density at radius 3 is 3.00 bits per heavy atom. The molecule has 1 aliphatic heterocycles. The van der Waals surface area contributed by atoms with Gasteiger partial charge in [-0.15, -0.1) is 17.9 Å². The fourth-order valence-electron chi connectivity index (χ4n) is 3.50.